The van der Waals surface area contributed by atoms with Crippen molar-refractivity contribution in [2.24, 2.45) is 0 Å². The second-order valence-electron chi connectivity index (χ2n) is 3.91. The molecule has 5 heteroatoms. The van der Waals surface area contributed by atoms with E-state index >= 15 is 0 Å². The Hall–Kier alpha value is -1.07. The van der Waals surface area contributed by atoms with E-state index in [-0.39, 0.29) is 0 Å². The van der Waals surface area contributed by atoms with Crippen molar-refractivity contribution >= 4 is 33.2 Å². The van der Waals surface area contributed by atoms with Crippen molar-refractivity contribution < 1.29 is 9.90 Å². The van der Waals surface area contributed by atoms with Crippen molar-refractivity contribution in [2.45, 2.75) is 20.4 Å². The fourth-order valence-corrected chi connectivity index (χ4v) is 3.29. The Morgan fingerprint density at radius 3 is 2.65 bits per heavy atom. The van der Waals surface area contributed by atoms with Gasteiger partial charge >= 0.3 is 5.97 Å². The molecule has 2 aromatic heterocycles. The average molecular weight is 314 g/mol. The summed E-state index contributed by atoms with van der Waals surface area (Å²) in [6.45, 7) is 4.50. The molecule has 0 unspecified atom stereocenters. The van der Waals surface area contributed by atoms with Gasteiger partial charge in [-0.3, -0.25) is 0 Å². The van der Waals surface area contributed by atoms with Crippen molar-refractivity contribution in [1.29, 1.82) is 0 Å². The summed E-state index contributed by atoms with van der Waals surface area (Å²) in [6.07, 6.45) is 0. The van der Waals surface area contributed by atoms with Crippen molar-refractivity contribution in [3.05, 3.63) is 43.8 Å². The highest BCUT2D eigenvalue weighted by Crippen LogP contribution is 2.23. The Bertz CT molecular complexity index is 571. The molecule has 2 aromatic rings. The average Bonchev–Trinajstić information content (AvgIpc) is 2.77. The second-order valence-corrected chi connectivity index (χ2v) is 5.82. The molecule has 1 N–H and O–H groups in total. The number of rotatable bonds is 3. The van der Waals surface area contributed by atoms with E-state index in [4.69, 9.17) is 5.11 Å². The number of aromatic carboxylic acids is 1. The van der Waals surface area contributed by atoms with Gasteiger partial charge in [-0.2, -0.15) is 0 Å². The van der Waals surface area contributed by atoms with Crippen LogP contribution in [0, 0.1) is 13.8 Å². The summed E-state index contributed by atoms with van der Waals surface area (Å²) in [5, 5.41) is 11.1. The number of carboxylic acids is 1. The molecular weight excluding hydrogens is 302 g/mol. The van der Waals surface area contributed by atoms with Crippen LogP contribution in [0.1, 0.15) is 26.6 Å². The molecule has 0 amide bonds. The van der Waals surface area contributed by atoms with Gasteiger partial charge in [-0.15, -0.1) is 11.3 Å². The molecule has 0 spiro atoms. The van der Waals surface area contributed by atoms with Gasteiger partial charge < -0.3 is 9.67 Å². The maximum Gasteiger partial charge on any atom is 0.337 e. The zero-order valence-electron chi connectivity index (χ0n) is 9.53. The lowest BCUT2D eigenvalue weighted by Gasteiger charge is -2.07. The largest absolute Gasteiger partial charge is 0.478 e. The lowest BCUT2D eigenvalue weighted by atomic mass is 10.2. The van der Waals surface area contributed by atoms with Crippen LogP contribution in [0.25, 0.3) is 0 Å². The number of aryl methyl sites for hydroxylation is 1. The van der Waals surface area contributed by atoms with E-state index < -0.39 is 5.97 Å². The standard InChI is InChI=1S/C12H12BrNO2S/c1-7-3-11(12(15)16)8(2)14(7)5-10-4-9(13)6-17-10/h3-4,6H,5H2,1-2H3,(H,15,16). The Kier molecular flexibility index (Phi) is 3.40. The van der Waals surface area contributed by atoms with E-state index in [0.717, 1.165) is 22.4 Å². The van der Waals surface area contributed by atoms with Crippen molar-refractivity contribution in [2.75, 3.05) is 0 Å². The number of aromatic nitrogens is 1. The smallest absolute Gasteiger partial charge is 0.337 e. The highest BCUT2D eigenvalue weighted by molar-refractivity contribution is 9.10. The first-order valence-electron chi connectivity index (χ1n) is 5.12. The molecule has 0 aliphatic rings. The molecule has 0 fully saturated rings. The Labute approximate surface area is 112 Å². The van der Waals surface area contributed by atoms with Crippen molar-refractivity contribution in [3.63, 3.8) is 0 Å². The van der Waals surface area contributed by atoms with E-state index in [9.17, 15) is 4.79 Å². The molecular formula is C12H12BrNO2S. The van der Waals surface area contributed by atoms with Crippen LogP contribution in [0.15, 0.2) is 22.0 Å². The lowest BCUT2D eigenvalue weighted by Crippen LogP contribution is -2.04. The summed E-state index contributed by atoms with van der Waals surface area (Å²) in [5.41, 5.74) is 2.17. The summed E-state index contributed by atoms with van der Waals surface area (Å²) in [4.78, 5) is 12.2. The van der Waals surface area contributed by atoms with Gasteiger partial charge in [0.2, 0.25) is 0 Å². The Balaban J connectivity index is 2.36. The van der Waals surface area contributed by atoms with Crippen molar-refractivity contribution in [3.8, 4) is 0 Å². The Morgan fingerprint density at radius 2 is 2.18 bits per heavy atom. The number of hydrogen-bond donors (Lipinski definition) is 1. The van der Waals surface area contributed by atoms with E-state index in [1.165, 1.54) is 4.88 Å². The Morgan fingerprint density at radius 1 is 1.47 bits per heavy atom. The summed E-state index contributed by atoms with van der Waals surface area (Å²) < 4.78 is 3.10. The van der Waals surface area contributed by atoms with Crippen LogP contribution >= 0.6 is 27.3 Å². The zero-order chi connectivity index (χ0) is 12.6. The van der Waals surface area contributed by atoms with Crippen LogP contribution in [0.4, 0.5) is 0 Å². The van der Waals surface area contributed by atoms with Gasteiger partial charge in [0.25, 0.3) is 0 Å². The van der Waals surface area contributed by atoms with Gasteiger partial charge in [0.1, 0.15) is 0 Å². The van der Waals surface area contributed by atoms with Crippen LogP contribution < -0.4 is 0 Å². The SMILES string of the molecule is Cc1cc(C(=O)O)c(C)n1Cc1cc(Br)cs1. The highest BCUT2D eigenvalue weighted by atomic mass is 79.9. The maximum atomic E-state index is 11.0. The van der Waals surface area contributed by atoms with Crippen LogP contribution in [0.2, 0.25) is 0 Å². The second kappa shape index (κ2) is 4.66. The van der Waals surface area contributed by atoms with Crippen molar-refractivity contribution in [1.82, 2.24) is 4.57 Å². The third-order valence-electron chi connectivity index (χ3n) is 2.74. The summed E-state index contributed by atoms with van der Waals surface area (Å²) >= 11 is 5.08. The predicted molar refractivity (Wildman–Crippen MR) is 72.0 cm³/mol. The first-order chi connectivity index (χ1) is 7.99. The monoisotopic (exact) mass is 313 g/mol. The fraction of sp³-hybridized carbons (Fsp3) is 0.250. The third kappa shape index (κ3) is 2.45. The summed E-state index contributed by atoms with van der Waals surface area (Å²) in [6, 6.07) is 3.78. The molecule has 0 saturated heterocycles. The number of nitrogens with zero attached hydrogens (tertiary/aromatic N) is 1. The first kappa shape index (κ1) is 12.4. The molecule has 90 valence electrons. The van der Waals surface area contributed by atoms with Gasteiger partial charge in [-0.25, -0.2) is 4.79 Å². The van der Waals surface area contributed by atoms with Gasteiger partial charge in [0.15, 0.2) is 0 Å². The maximum absolute atomic E-state index is 11.0. The fourth-order valence-electron chi connectivity index (χ4n) is 1.85. The molecule has 0 aliphatic heterocycles. The quantitative estimate of drug-likeness (QED) is 0.939. The first-order valence-corrected chi connectivity index (χ1v) is 6.79. The number of halogens is 1. The van der Waals surface area contributed by atoms with E-state index in [1.807, 2.05) is 23.8 Å². The molecule has 0 aliphatic carbocycles. The lowest BCUT2D eigenvalue weighted by molar-refractivity contribution is 0.0696. The number of hydrogen-bond acceptors (Lipinski definition) is 2. The molecule has 0 radical (unpaired) electrons. The summed E-state index contributed by atoms with van der Waals surface area (Å²) in [5.74, 6) is -0.864. The van der Waals surface area contributed by atoms with Crippen LogP contribution in [-0.4, -0.2) is 15.6 Å². The molecule has 2 heterocycles. The van der Waals surface area contributed by atoms with Crippen LogP contribution in [0.5, 0.6) is 0 Å². The molecule has 3 nitrogen and oxygen atoms in total. The zero-order valence-corrected chi connectivity index (χ0v) is 11.9. The van der Waals surface area contributed by atoms with Crippen LogP contribution in [0.3, 0.4) is 0 Å². The summed E-state index contributed by atoms with van der Waals surface area (Å²) in [7, 11) is 0. The minimum Gasteiger partial charge on any atom is -0.478 e. The number of carbonyl (C=O) groups is 1. The van der Waals surface area contributed by atoms with Gasteiger partial charge in [0.05, 0.1) is 12.1 Å². The molecule has 2 rings (SSSR count). The number of carboxylic acid groups (broad SMARTS) is 1. The molecule has 17 heavy (non-hydrogen) atoms. The third-order valence-corrected chi connectivity index (χ3v) is 4.42. The molecule has 0 saturated carbocycles. The van der Waals surface area contributed by atoms with Gasteiger partial charge in [-0.05, 0) is 41.9 Å². The predicted octanol–water partition coefficient (Wildman–Crippen LogP) is 3.68. The minimum absolute atomic E-state index is 0.387. The van der Waals surface area contributed by atoms with E-state index in [2.05, 4.69) is 22.0 Å². The van der Waals surface area contributed by atoms with E-state index in [0.29, 0.717) is 5.56 Å². The number of thiophene rings is 1. The van der Waals surface area contributed by atoms with Gasteiger partial charge in [-0.1, -0.05) is 0 Å². The van der Waals surface area contributed by atoms with Gasteiger partial charge in [0, 0.05) is 26.1 Å². The normalized spacial score (nSPS) is 10.8. The van der Waals surface area contributed by atoms with Crippen LogP contribution in [-0.2, 0) is 6.54 Å². The topological polar surface area (TPSA) is 42.2 Å². The molecule has 0 bridgehead atoms. The molecule has 0 aromatic carbocycles. The minimum atomic E-state index is -0.864. The molecule has 0 atom stereocenters. The highest BCUT2D eigenvalue weighted by Gasteiger charge is 2.14. The van der Waals surface area contributed by atoms with E-state index in [1.54, 1.807) is 17.4 Å².